The van der Waals surface area contributed by atoms with Crippen LogP contribution in [0.25, 0.3) is 0 Å². The number of para-hydroxylation sites is 1. The Morgan fingerprint density at radius 2 is 1.65 bits per heavy atom. The molecule has 1 fully saturated rings. The normalized spacial score (nSPS) is 16.3. The highest BCUT2D eigenvalue weighted by atomic mass is 16.4. The summed E-state index contributed by atoms with van der Waals surface area (Å²) < 4.78 is 0. The van der Waals surface area contributed by atoms with Gasteiger partial charge in [-0.15, -0.1) is 0 Å². The number of hydrogen-bond acceptors (Lipinski definition) is 3. The largest absolute Gasteiger partial charge is 0.481 e. The van der Waals surface area contributed by atoms with Gasteiger partial charge in [-0.2, -0.15) is 0 Å². The molecule has 1 aliphatic rings. The van der Waals surface area contributed by atoms with Crippen LogP contribution < -0.4 is 10.6 Å². The van der Waals surface area contributed by atoms with Crippen LogP contribution in [0.3, 0.4) is 0 Å². The number of anilines is 1. The number of carbonyl (C=O) groups is 1. The summed E-state index contributed by atoms with van der Waals surface area (Å²) in [5, 5.41) is 8.88. The molecule has 1 saturated heterocycles. The van der Waals surface area contributed by atoms with E-state index in [0.29, 0.717) is 0 Å². The smallest absolute Gasteiger partial charge is 0.306 e. The molecule has 0 aliphatic carbocycles. The molecule has 0 saturated carbocycles. The molecule has 3 N–H and O–H groups in total. The fraction of sp³-hybridized carbons (Fsp3) is 0.562. The highest BCUT2D eigenvalue weighted by molar-refractivity contribution is 5.70. The van der Waals surface area contributed by atoms with Crippen molar-refractivity contribution in [2.75, 3.05) is 18.0 Å². The van der Waals surface area contributed by atoms with Crippen LogP contribution >= 0.6 is 0 Å². The second-order valence-corrected chi connectivity index (χ2v) is 6.30. The van der Waals surface area contributed by atoms with Gasteiger partial charge in [0.25, 0.3) is 0 Å². The van der Waals surface area contributed by atoms with Crippen LogP contribution in [-0.2, 0) is 4.79 Å². The van der Waals surface area contributed by atoms with Crippen LogP contribution in [0.1, 0.15) is 33.6 Å². The topological polar surface area (TPSA) is 66.6 Å². The minimum Gasteiger partial charge on any atom is -0.481 e. The molecule has 1 aromatic rings. The minimum atomic E-state index is -0.650. The second-order valence-electron chi connectivity index (χ2n) is 6.30. The Morgan fingerprint density at radius 3 is 2.05 bits per heavy atom. The van der Waals surface area contributed by atoms with E-state index in [-0.39, 0.29) is 11.5 Å². The first-order chi connectivity index (χ1) is 9.27. The summed E-state index contributed by atoms with van der Waals surface area (Å²) in [6, 6.07) is 10.2. The lowest BCUT2D eigenvalue weighted by Gasteiger charge is -2.31. The van der Waals surface area contributed by atoms with Crippen molar-refractivity contribution < 1.29 is 9.90 Å². The zero-order valence-electron chi connectivity index (χ0n) is 12.7. The van der Waals surface area contributed by atoms with Crippen molar-refractivity contribution in [3.8, 4) is 0 Å². The van der Waals surface area contributed by atoms with Gasteiger partial charge in [0.05, 0.1) is 5.92 Å². The molecule has 0 bridgehead atoms. The predicted octanol–water partition coefficient (Wildman–Crippen LogP) is 2.73. The Kier molecular flexibility index (Phi) is 6.02. The van der Waals surface area contributed by atoms with E-state index in [2.05, 4.69) is 17.0 Å². The van der Waals surface area contributed by atoms with Gasteiger partial charge in [-0.05, 0) is 45.7 Å². The Balaban J connectivity index is 0.000000347. The Morgan fingerprint density at radius 1 is 1.20 bits per heavy atom. The molecular formula is C16H26N2O2. The number of nitrogens with two attached hydrogens (primary N) is 1. The molecule has 0 unspecified atom stereocenters. The van der Waals surface area contributed by atoms with Gasteiger partial charge in [0.1, 0.15) is 0 Å². The predicted molar refractivity (Wildman–Crippen MR) is 83.0 cm³/mol. The number of aliphatic carboxylic acids is 1. The van der Waals surface area contributed by atoms with E-state index in [1.54, 1.807) is 0 Å². The third-order valence-electron chi connectivity index (χ3n) is 2.97. The molecule has 20 heavy (non-hydrogen) atoms. The molecule has 4 nitrogen and oxygen atoms in total. The molecule has 0 radical (unpaired) electrons. The molecule has 2 rings (SSSR count). The Bertz CT molecular complexity index is 398. The van der Waals surface area contributed by atoms with E-state index in [1.807, 2.05) is 39.0 Å². The third kappa shape index (κ3) is 6.57. The van der Waals surface area contributed by atoms with Crippen LogP contribution in [-0.4, -0.2) is 29.7 Å². The maximum absolute atomic E-state index is 10.8. The lowest BCUT2D eigenvalue weighted by molar-refractivity contribution is -0.142. The molecular weight excluding hydrogens is 252 g/mol. The first-order valence-electron chi connectivity index (χ1n) is 7.09. The third-order valence-corrected chi connectivity index (χ3v) is 2.97. The standard InChI is InChI=1S/C12H15NO2.C4H11N/c14-12(15)10-6-8-13(9-7-10)11-4-2-1-3-5-11;1-4(2,3)5/h1-5,10H,6-9H2,(H,14,15);5H2,1-3H3. The monoisotopic (exact) mass is 278 g/mol. The first kappa shape index (κ1) is 16.5. The van der Waals surface area contributed by atoms with Crippen molar-refractivity contribution in [3.63, 3.8) is 0 Å². The summed E-state index contributed by atoms with van der Waals surface area (Å²) in [6.07, 6.45) is 1.51. The summed E-state index contributed by atoms with van der Waals surface area (Å²) in [5.74, 6) is -0.798. The van der Waals surface area contributed by atoms with Crippen molar-refractivity contribution in [2.24, 2.45) is 11.7 Å². The number of nitrogens with zero attached hydrogens (tertiary/aromatic N) is 1. The lowest BCUT2D eigenvalue weighted by Crippen LogP contribution is -2.36. The number of rotatable bonds is 2. The second kappa shape index (κ2) is 7.29. The first-order valence-corrected chi connectivity index (χ1v) is 7.09. The van der Waals surface area contributed by atoms with E-state index in [0.717, 1.165) is 25.9 Å². The summed E-state index contributed by atoms with van der Waals surface area (Å²) in [4.78, 5) is 13.0. The summed E-state index contributed by atoms with van der Waals surface area (Å²) in [6.45, 7) is 7.59. The summed E-state index contributed by atoms with van der Waals surface area (Å²) >= 11 is 0. The molecule has 112 valence electrons. The van der Waals surface area contributed by atoms with Crippen LogP contribution in [0.5, 0.6) is 0 Å². The van der Waals surface area contributed by atoms with Gasteiger partial charge in [0.2, 0.25) is 0 Å². The highest BCUT2D eigenvalue weighted by Gasteiger charge is 2.24. The zero-order chi connectivity index (χ0) is 15.2. The van der Waals surface area contributed by atoms with E-state index in [9.17, 15) is 4.79 Å². The number of piperidine rings is 1. The minimum absolute atomic E-state index is 0. The van der Waals surface area contributed by atoms with E-state index < -0.39 is 5.97 Å². The summed E-state index contributed by atoms with van der Waals surface area (Å²) in [7, 11) is 0. The van der Waals surface area contributed by atoms with Crippen LogP contribution in [0, 0.1) is 5.92 Å². The highest BCUT2D eigenvalue weighted by Crippen LogP contribution is 2.22. The SMILES string of the molecule is CC(C)(C)N.O=C(O)C1CCN(c2ccccc2)CC1. The van der Waals surface area contributed by atoms with Crippen LogP contribution in [0.4, 0.5) is 5.69 Å². The average molecular weight is 278 g/mol. The van der Waals surface area contributed by atoms with Crippen molar-refractivity contribution in [1.29, 1.82) is 0 Å². The molecule has 0 atom stereocenters. The van der Waals surface area contributed by atoms with Gasteiger partial charge < -0.3 is 15.7 Å². The molecule has 1 aliphatic heterocycles. The Hall–Kier alpha value is -1.55. The number of hydrogen-bond donors (Lipinski definition) is 2. The summed E-state index contributed by atoms with van der Waals surface area (Å²) in [5.41, 5.74) is 6.55. The van der Waals surface area contributed by atoms with Gasteiger partial charge in [-0.3, -0.25) is 4.79 Å². The zero-order valence-corrected chi connectivity index (χ0v) is 12.7. The molecule has 0 aromatic heterocycles. The molecule has 4 heteroatoms. The van der Waals surface area contributed by atoms with Gasteiger partial charge in [-0.1, -0.05) is 18.2 Å². The molecule has 0 amide bonds. The fourth-order valence-electron chi connectivity index (χ4n) is 2.02. The number of carboxylic acid groups (broad SMARTS) is 1. The van der Waals surface area contributed by atoms with E-state index >= 15 is 0 Å². The van der Waals surface area contributed by atoms with E-state index in [4.69, 9.17) is 10.8 Å². The molecule has 1 aromatic carbocycles. The van der Waals surface area contributed by atoms with Crippen molar-refractivity contribution in [2.45, 2.75) is 39.2 Å². The van der Waals surface area contributed by atoms with Gasteiger partial charge in [-0.25, -0.2) is 0 Å². The van der Waals surface area contributed by atoms with Gasteiger partial charge in [0, 0.05) is 24.3 Å². The van der Waals surface area contributed by atoms with Crippen LogP contribution in [0.2, 0.25) is 0 Å². The van der Waals surface area contributed by atoms with Crippen molar-refractivity contribution in [3.05, 3.63) is 30.3 Å². The Labute approximate surface area is 121 Å². The number of carboxylic acids is 1. The maximum atomic E-state index is 10.8. The number of benzene rings is 1. The van der Waals surface area contributed by atoms with Gasteiger partial charge in [0.15, 0.2) is 0 Å². The van der Waals surface area contributed by atoms with Gasteiger partial charge >= 0.3 is 5.97 Å². The van der Waals surface area contributed by atoms with Crippen molar-refractivity contribution >= 4 is 11.7 Å². The van der Waals surface area contributed by atoms with Crippen LogP contribution in [0.15, 0.2) is 30.3 Å². The quantitative estimate of drug-likeness (QED) is 0.873. The van der Waals surface area contributed by atoms with E-state index in [1.165, 1.54) is 5.69 Å². The van der Waals surface area contributed by atoms with Crippen molar-refractivity contribution in [1.82, 2.24) is 0 Å². The fourth-order valence-corrected chi connectivity index (χ4v) is 2.02. The molecule has 0 spiro atoms. The average Bonchev–Trinajstić information content (AvgIpc) is 2.38. The lowest BCUT2D eigenvalue weighted by atomic mass is 9.97. The maximum Gasteiger partial charge on any atom is 0.306 e. The molecule has 1 heterocycles.